The number of hydrogen-bond acceptors (Lipinski definition) is 2. The Bertz CT molecular complexity index is 743. The number of rotatable bonds is 2. The van der Waals surface area contributed by atoms with Crippen LogP contribution in [0, 0.1) is 12.7 Å². The molecule has 0 aliphatic carbocycles. The fraction of sp³-hybridized carbons (Fsp3) is 0.412. The Morgan fingerprint density at radius 1 is 1.43 bits per heavy atom. The number of nitrogens with zero attached hydrogens (tertiary/aromatic N) is 3. The molecule has 1 saturated heterocycles. The van der Waals surface area contributed by atoms with E-state index in [0.717, 1.165) is 18.7 Å². The van der Waals surface area contributed by atoms with Crippen LogP contribution in [0.5, 0.6) is 0 Å². The third-order valence-corrected chi connectivity index (χ3v) is 4.92. The third-order valence-electron chi connectivity index (χ3n) is 4.43. The van der Waals surface area contributed by atoms with Gasteiger partial charge in [0.15, 0.2) is 0 Å². The summed E-state index contributed by atoms with van der Waals surface area (Å²) in [7, 11) is 1.94. The van der Waals surface area contributed by atoms with E-state index in [1.807, 2.05) is 17.8 Å². The van der Waals surface area contributed by atoms with Crippen LogP contribution in [0.15, 0.2) is 24.5 Å². The van der Waals surface area contributed by atoms with Crippen LogP contribution in [0.3, 0.4) is 0 Å². The van der Waals surface area contributed by atoms with Crippen molar-refractivity contribution in [1.82, 2.24) is 14.5 Å². The Morgan fingerprint density at radius 3 is 2.91 bits per heavy atom. The molecule has 0 saturated carbocycles. The Labute approximate surface area is 139 Å². The number of aromatic nitrogens is 2. The average Bonchev–Trinajstić information content (AvgIpc) is 2.97. The van der Waals surface area contributed by atoms with E-state index in [1.54, 1.807) is 24.1 Å². The molecule has 1 aromatic carbocycles. The molecule has 0 unspecified atom stereocenters. The number of amides is 1. The van der Waals surface area contributed by atoms with Gasteiger partial charge in [-0.3, -0.25) is 4.79 Å². The number of imidazole rings is 1. The maximum absolute atomic E-state index is 14.1. The van der Waals surface area contributed by atoms with Crippen LogP contribution in [0.2, 0.25) is 5.02 Å². The summed E-state index contributed by atoms with van der Waals surface area (Å²) < 4.78 is 16.1. The summed E-state index contributed by atoms with van der Waals surface area (Å²) in [5, 5.41) is 0.203. The number of likely N-dealkylation sites (tertiary alicyclic amines) is 1. The Hall–Kier alpha value is -1.88. The number of benzene rings is 1. The van der Waals surface area contributed by atoms with E-state index in [1.165, 1.54) is 6.07 Å². The van der Waals surface area contributed by atoms with E-state index in [-0.39, 0.29) is 22.4 Å². The summed E-state index contributed by atoms with van der Waals surface area (Å²) in [6.07, 6.45) is 5.49. The van der Waals surface area contributed by atoms with Crippen molar-refractivity contribution in [2.45, 2.75) is 25.7 Å². The van der Waals surface area contributed by atoms with Gasteiger partial charge in [-0.15, -0.1) is 0 Å². The lowest BCUT2D eigenvalue weighted by Gasteiger charge is -2.32. The second kappa shape index (κ2) is 6.32. The standard InChI is InChI=1S/C17H19ClFN3O/c1-11-5-6-13(19)14(15(11)18)17(23)22-8-3-4-12(10-22)16-20-7-9-21(16)2/h5-7,9,12H,3-4,8,10H2,1-2H3/t12-/m0/s1. The second-order valence-electron chi connectivity index (χ2n) is 6.04. The van der Waals surface area contributed by atoms with Crippen LogP contribution in [-0.2, 0) is 7.05 Å². The van der Waals surface area contributed by atoms with Gasteiger partial charge in [-0.2, -0.15) is 0 Å². The highest BCUT2D eigenvalue weighted by molar-refractivity contribution is 6.34. The highest BCUT2D eigenvalue weighted by Crippen LogP contribution is 2.29. The first-order valence-electron chi connectivity index (χ1n) is 7.70. The number of carbonyl (C=O) groups excluding carboxylic acids is 1. The van der Waals surface area contributed by atoms with E-state index in [0.29, 0.717) is 18.7 Å². The minimum absolute atomic E-state index is 0.0212. The number of hydrogen-bond donors (Lipinski definition) is 0. The normalized spacial score (nSPS) is 18.3. The first kappa shape index (κ1) is 16.0. The Balaban J connectivity index is 1.86. The maximum atomic E-state index is 14.1. The van der Waals surface area contributed by atoms with Crippen LogP contribution in [-0.4, -0.2) is 33.4 Å². The molecule has 23 heavy (non-hydrogen) atoms. The molecule has 1 aromatic heterocycles. The Kier molecular flexibility index (Phi) is 4.39. The molecule has 6 heteroatoms. The van der Waals surface area contributed by atoms with E-state index in [9.17, 15) is 9.18 Å². The van der Waals surface area contributed by atoms with Gasteiger partial charge < -0.3 is 9.47 Å². The van der Waals surface area contributed by atoms with Crippen molar-refractivity contribution in [3.05, 3.63) is 52.3 Å². The summed E-state index contributed by atoms with van der Waals surface area (Å²) in [5.41, 5.74) is 0.682. The predicted octanol–water partition coefficient (Wildman–Crippen LogP) is 3.54. The van der Waals surface area contributed by atoms with Gasteiger partial charge in [0.05, 0.1) is 10.6 Å². The second-order valence-corrected chi connectivity index (χ2v) is 6.42. The average molecular weight is 336 g/mol. The van der Waals surface area contributed by atoms with Crippen molar-refractivity contribution in [3.8, 4) is 0 Å². The van der Waals surface area contributed by atoms with Crippen LogP contribution in [0.1, 0.15) is 40.5 Å². The first-order valence-corrected chi connectivity index (χ1v) is 8.08. The lowest BCUT2D eigenvalue weighted by atomic mass is 9.96. The van der Waals surface area contributed by atoms with Crippen molar-refractivity contribution in [3.63, 3.8) is 0 Å². The fourth-order valence-corrected chi connectivity index (χ4v) is 3.39. The van der Waals surface area contributed by atoms with Gasteiger partial charge in [-0.1, -0.05) is 17.7 Å². The summed E-state index contributed by atoms with van der Waals surface area (Å²) in [6.45, 7) is 2.92. The van der Waals surface area contributed by atoms with Gasteiger partial charge in [0.25, 0.3) is 5.91 Å². The van der Waals surface area contributed by atoms with E-state index in [2.05, 4.69) is 4.98 Å². The highest BCUT2D eigenvalue weighted by Gasteiger charge is 2.30. The smallest absolute Gasteiger partial charge is 0.258 e. The van der Waals surface area contributed by atoms with Crippen LogP contribution < -0.4 is 0 Å². The molecule has 0 spiro atoms. The molecule has 4 nitrogen and oxygen atoms in total. The maximum Gasteiger partial charge on any atom is 0.258 e. The zero-order valence-corrected chi connectivity index (χ0v) is 14.0. The molecule has 1 aliphatic rings. The lowest BCUT2D eigenvalue weighted by molar-refractivity contribution is 0.0699. The fourth-order valence-electron chi connectivity index (χ4n) is 3.15. The molecule has 1 aliphatic heterocycles. The molecule has 122 valence electrons. The highest BCUT2D eigenvalue weighted by atomic mass is 35.5. The van der Waals surface area contributed by atoms with Crippen LogP contribution in [0.25, 0.3) is 0 Å². The summed E-state index contributed by atoms with van der Waals surface area (Å²) in [4.78, 5) is 18.8. The van der Waals surface area contributed by atoms with Gasteiger partial charge >= 0.3 is 0 Å². The molecular weight excluding hydrogens is 317 g/mol. The monoisotopic (exact) mass is 335 g/mol. The molecule has 2 aromatic rings. The predicted molar refractivity (Wildman–Crippen MR) is 87.2 cm³/mol. The van der Waals surface area contributed by atoms with Crippen molar-refractivity contribution < 1.29 is 9.18 Å². The quantitative estimate of drug-likeness (QED) is 0.842. The van der Waals surface area contributed by atoms with Gasteiger partial charge in [-0.05, 0) is 31.4 Å². The third kappa shape index (κ3) is 2.98. The zero-order valence-electron chi connectivity index (χ0n) is 13.2. The van der Waals surface area contributed by atoms with Crippen molar-refractivity contribution in [1.29, 1.82) is 0 Å². The van der Waals surface area contributed by atoms with E-state index in [4.69, 9.17) is 11.6 Å². The van der Waals surface area contributed by atoms with Gasteiger partial charge in [0.1, 0.15) is 11.6 Å². The molecule has 1 amide bonds. The lowest BCUT2D eigenvalue weighted by Crippen LogP contribution is -2.40. The number of carbonyl (C=O) groups is 1. The van der Waals surface area contributed by atoms with Crippen molar-refractivity contribution >= 4 is 17.5 Å². The van der Waals surface area contributed by atoms with Gasteiger partial charge in [0, 0.05) is 38.4 Å². The Morgan fingerprint density at radius 2 is 2.22 bits per heavy atom. The summed E-state index contributed by atoms with van der Waals surface area (Å²) in [5.74, 6) is 0.220. The van der Waals surface area contributed by atoms with Crippen molar-refractivity contribution in [2.75, 3.05) is 13.1 Å². The zero-order chi connectivity index (χ0) is 16.6. The molecule has 0 bridgehead atoms. The summed E-state index contributed by atoms with van der Waals surface area (Å²) in [6, 6.07) is 2.88. The minimum atomic E-state index is -0.565. The number of aryl methyl sites for hydroxylation is 2. The SMILES string of the molecule is Cc1ccc(F)c(C(=O)N2CCC[C@H](c3nccn3C)C2)c1Cl. The molecule has 2 heterocycles. The van der Waals surface area contributed by atoms with Crippen molar-refractivity contribution in [2.24, 2.45) is 7.05 Å². The van der Waals surface area contributed by atoms with Gasteiger partial charge in [0.2, 0.25) is 0 Å². The van der Waals surface area contributed by atoms with Gasteiger partial charge in [-0.25, -0.2) is 9.37 Å². The molecule has 3 rings (SSSR count). The molecular formula is C17H19ClFN3O. The number of piperidine rings is 1. The van der Waals surface area contributed by atoms with E-state index < -0.39 is 5.82 Å². The minimum Gasteiger partial charge on any atom is -0.338 e. The summed E-state index contributed by atoms with van der Waals surface area (Å²) >= 11 is 6.17. The van der Waals surface area contributed by atoms with Crippen LogP contribution >= 0.6 is 11.6 Å². The molecule has 1 atom stereocenters. The molecule has 1 fully saturated rings. The first-order chi connectivity index (χ1) is 11.0. The molecule has 0 radical (unpaired) electrons. The van der Waals surface area contributed by atoms with Crippen LogP contribution in [0.4, 0.5) is 4.39 Å². The topological polar surface area (TPSA) is 38.1 Å². The largest absolute Gasteiger partial charge is 0.338 e. The molecule has 0 N–H and O–H groups in total. The number of halogens is 2. The van der Waals surface area contributed by atoms with E-state index >= 15 is 0 Å².